The van der Waals surface area contributed by atoms with Crippen molar-refractivity contribution < 1.29 is 9.84 Å². The molecule has 4 nitrogen and oxygen atoms in total. The van der Waals surface area contributed by atoms with Gasteiger partial charge in [-0.15, -0.1) is 0 Å². The number of ether oxygens (including phenoxy) is 1. The predicted octanol–water partition coefficient (Wildman–Crippen LogP) is 2.42. The summed E-state index contributed by atoms with van der Waals surface area (Å²) in [6, 6.07) is 9.74. The molecule has 20 heavy (non-hydrogen) atoms. The van der Waals surface area contributed by atoms with Crippen LogP contribution in [0.25, 0.3) is 0 Å². The number of aliphatic hydroxyl groups excluding tert-OH is 1. The molecule has 0 atom stereocenters. The minimum atomic E-state index is 0.241. The number of benzene rings is 1. The average Bonchev–Trinajstić information content (AvgIpc) is 2.46. The lowest BCUT2D eigenvalue weighted by Crippen LogP contribution is -2.33. The van der Waals surface area contributed by atoms with E-state index in [9.17, 15) is 0 Å². The summed E-state index contributed by atoms with van der Waals surface area (Å²) in [6.45, 7) is 7.12. The second kappa shape index (κ2) is 9.35. The lowest BCUT2D eigenvalue weighted by Gasteiger charge is -2.26. The normalized spacial score (nSPS) is 10.8. The monoisotopic (exact) mass is 276 g/mol. The first-order chi connectivity index (χ1) is 9.67. The Balaban J connectivity index is 2.27. The van der Waals surface area contributed by atoms with Crippen LogP contribution in [0.3, 0.4) is 0 Å². The molecule has 110 valence electrons. The molecule has 0 saturated heterocycles. The third-order valence-electron chi connectivity index (χ3n) is 3.18. The van der Waals surface area contributed by atoms with Gasteiger partial charge in [0.15, 0.2) is 0 Å². The fraction of sp³-hybridized carbons (Fsp3) is 0.562. The maximum absolute atomic E-state index is 8.89. The number of nitriles is 1. The quantitative estimate of drug-likeness (QED) is 0.704. The van der Waals surface area contributed by atoms with E-state index in [0.717, 1.165) is 31.7 Å². The van der Waals surface area contributed by atoms with Crippen LogP contribution in [0.2, 0.25) is 0 Å². The summed E-state index contributed by atoms with van der Waals surface area (Å²) >= 11 is 0. The van der Waals surface area contributed by atoms with E-state index in [1.807, 2.05) is 12.1 Å². The number of aliphatic hydroxyl groups is 1. The summed E-state index contributed by atoms with van der Waals surface area (Å²) < 4.78 is 5.65. The van der Waals surface area contributed by atoms with Crippen molar-refractivity contribution in [1.82, 2.24) is 4.90 Å². The minimum Gasteiger partial charge on any atom is -0.494 e. The largest absolute Gasteiger partial charge is 0.494 e. The number of hydrogen-bond acceptors (Lipinski definition) is 4. The molecule has 0 amide bonds. The highest BCUT2D eigenvalue weighted by molar-refractivity contribution is 5.34. The maximum atomic E-state index is 8.89. The van der Waals surface area contributed by atoms with Crippen molar-refractivity contribution in [2.75, 3.05) is 26.3 Å². The molecule has 0 radical (unpaired) electrons. The van der Waals surface area contributed by atoms with Crippen LogP contribution in [0.15, 0.2) is 24.3 Å². The third kappa shape index (κ3) is 6.05. The van der Waals surface area contributed by atoms with Gasteiger partial charge in [-0.3, -0.25) is 0 Å². The van der Waals surface area contributed by atoms with Gasteiger partial charge in [-0.05, 0) is 51.0 Å². The Kier molecular flexibility index (Phi) is 7.71. The fourth-order valence-corrected chi connectivity index (χ4v) is 1.99. The molecule has 0 aliphatic carbocycles. The van der Waals surface area contributed by atoms with Gasteiger partial charge < -0.3 is 14.7 Å². The molecular formula is C16H24N2O2. The Morgan fingerprint density at radius 2 is 1.85 bits per heavy atom. The van der Waals surface area contributed by atoms with Crippen LogP contribution in [0, 0.1) is 11.3 Å². The second-order valence-corrected chi connectivity index (χ2v) is 5.05. The van der Waals surface area contributed by atoms with Crippen LogP contribution in [-0.4, -0.2) is 42.4 Å². The van der Waals surface area contributed by atoms with Gasteiger partial charge in [0.1, 0.15) is 5.75 Å². The zero-order chi connectivity index (χ0) is 14.8. The average molecular weight is 276 g/mol. The van der Waals surface area contributed by atoms with Gasteiger partial charge in [0.05, 0.1) is 18.2 Å². The van der Waals surface area contributed by atoms with Crippen LogP contribution < -0.4 is 4.74 Å². The lowest BCUT2D eigenvalue weighted by molar-refractivity contribution is 0.177. The number of rotatable bonds is 9. The van der Waals surface area contributed by atoms with E-state index in [2.05, 4.69) is 24.8 Å². The summed E-state index contributed by atoms with van der Waals surface area (Å²) in [4.78, 5) is 2.35. The van der Waals surface area contributed by atoms with E-state index < -0.39 is 0 Å². The highest BCUT2D eigenvalue weighted by Gasteiger charge is 2.08. The minimum absolute atomic E-state index is 0.241. The van der Waals surface area contributed by atoms with E-state index in [0.29, 0.717) is 18.2 Å². The van der Waals surface area contributed by atoms with Crippen LogP contribution in [0.4, 0.5) is 0 Å². The number of hydrogen-bond donors (Lipinski definition) is 1. The zero-order valence-electron chi connectivity index (χ0n) is 12.4. The van der Waals surface area contributed by atoms with Crippen molar-refractivity contribution in [3.05, 3.63) is 29.8 Å². The third-order valence-corrected chi connectivity index (χ3v) is 3.18. The molecule has 1 aromatic rings. The van der Waals surface area contributed by atoms with Gasteiger partial charge >= 0.3 is 0 Å². The molecule has 0 aromatic heterocycles. The van der Waals surface area contributed by atoms with Crippen molar-refractivity contribution in [3.63, 3.8) is 0 Å². The van der Waals surface area contributed by atoms with Crippen molar-refractivity contribution in [2.45, 2.75) is 32.7 Å². The highest BCUT2D eigenvalue weighted by atomic mass is 16.5. The topological polar surface area (TPSA) is 56.5 Å². The highest BCUT2D eigenvalue weighted by Crippen LogP contribution is 2.12. The first-order valence-corrected chi connectivity index (χ1v) is 7.15. The first kappa shape index (κ1) is 16.5. The van der Waals surface area contributed by atoms with Gasteiger partial charge in [0.25, 0.3) is 0 Å². The van der Waals surface area contributed by atoms with E-state index in [1.54, 1.807) is 12.1 Å². The molecule has 4 heteroatoms. The van der Waals surface area contributed by atoms with E-state index >= 15 is 0 Å². The summed E-state index contributed by atoms with van der Waals surface area (Å²) in [5, 5.41) is 17.6. The van der Waals surface area contributed by atoms with Gasteiger partial charge in [0.2, 0.25) is 0 Å². The zero-order valence-corrected chi connectivity index (χ0v) is 12.4. The second-order valence-electron chi connectivity index (χ2n) is 5.05. The molecule has 0 aliphatic rings. The smallest absolute Gasteiger partial charge is 0.119 e. The molecule has 0 aliphatic heterocycles. The maximum Gasteiger partial charge on any atom is 0.119 e. The van der Waals surface area contributed by atoms with Crippen LogP contribution in [-0.2, 0) is 0 Å². The predicted molar refractivity (Wildman–Crippen MR) is 79.7 cm³/mol. The molecular weight excluding hydrogens is 252 g/mol. The molecule has 0 heterocycles. The van der Waals surface area contributed by atoms with Gasteiger partial charge in [-0.25, -0.2) is 0 Å². The van der Waals surface area contributed by atoms with Crippen molar-refractivity contribution >= 4 is 0 Å². The van der Waals surface area contributed by atoms with Crippen LogP contribution >= 0.6 is 0 Å². The molecule has 1 rings (SSSR count). The fourth-order valence-electron chi connectivity index (χ4n) is 1.99. The van der Waals surface area contributed by atoms with E-state index in [-0.39, 0.29) is 6.61 Å². The van der Waals surface area contributed by atoms with E-state index in [1.165, 1.54) is 0 Å². The molecule has 0 unspecified atom stereocenters. The summed E-state index contributed by atoms with van der Waals surface area (Å²) in [5.74, 6) is 0.801. The first-order valence-electron chi connectivity index (χ1n) is 7.15. The molecule has 0 fully saturated rings. The molecule has 0 bridgehead atoms. The van der Waals surface area contributed by atoms with Crippen molar-refractivity contribution in [3.8, 4) is 11.8 Å². The number of nitrogens with zero attached hydrogens (tertiary/aromatic N) is 2. The summed E-state index contributed by atoms with van der Waals surface area (Å²) in [7, 11) is 0. The summed E-state index contributed by atoms with van der Waals surface area (Å²) in [6.07, 6.45) is 1.76. The lowest BCUT2D eigenvalue weighted by atomic mass is 10.2. The van der Waals surface area contributed by atoms with Crippen molar-refractivity contribution in [1.29, 1.82) is 5.26 Å². The molecule has 0 spiro atoms. The Bertz CT molecular complexity index is 409. The van der Waals surface area contributed by atoms with Gasteiger partial charge in [-0.1, -0.05) is 0 Å². The Morgan fingerprint density at radius 1 is 1.20 bits per heavy atom. The molecule has 1 N–H and O–H groups in total. The SMILES string of the molecule is CC(C)N(CCCO)CCCOc1ccc(C#N)cc1. The van der Waals surface area contributed by atoms with Crippen LogP contribution in [0.1, 0.15) is 32.3 Å². The standard InChI is InChI=1S/C16H24N2O2/c1-14(2)18(9-3-11-19)10-4-12-20-16-7-5-15(13-17)6-8-16/h5-8,14,19H,3-4,9-12H2,1-2H3. The van der Waals surface area contributed by atoms with Gasteiger partial charge in [0, 0.05) is 25.7 Å². The Labute approximate surface area is 121 Å². The molecule has 1 aromatic carbocycles. The van der Waals surface area contributed by atoms with Crippen molar-refractivity contribution in [2.24, 2.45) is 0 Å². The summed E-state index contributed by atoms with van der Waals surface area (Å²) in [5.41, 5.74) is 0.646. The Hall–Kier alpha value is -1.57. The van der Waals surface area contributed by atoms with E-state index in [4.69, 9.17) is 15.1 Å². The molecule has 0 saturated carbocycles. The van der Waals surface area contributed by atoms with Gasteiger partial charge in [-0.2, -0.15) is 5.26 Å². The Morgan fingerprint density at radius 3 is 2.40 bits per heavy atom. The van der Waals surface area contributed by atoms with Crippen LogP contribution in [0.5, 0.6) is 5.75 Å².